The van der Waals surface area contributed by atoms with Crippen LogP contribution in [0.2, 0.25) is 5.02 Å². The highest BCUT2D eigenvalue weighted by molar-refractivity contribution is 6.30. The number of likely N-dealkylation sites (tertiary alicyclic amines) is 1. The minimum atomic E-state index is -0.185. The smallest absolute Gasteiger partial charge is 0.225 e. The van der Waals surface area contributed by atoms with Crippen molar-refractivity contribution in [1.29, 1.82) is 0 Å². The van der Waals surface area contributed by atoms with Gasteiger partial charge in [0, 0.05) is 25.0 Å². The van der Waals surface area contributed by atoms with Gasteiger partial charge in [0.2, 0.25) is 11.8 Å². The van der Waals surface area contributed by atoms with Crippen LogP contribution in [-0.4, -0.2) is 34.7 Å². The lowest BCUT2D eigenvalue weighted by molar-refractivity contribution is -0.137. The molecule has 1 saturated heterocycles. The van der Waals surface area contributed by atoms with E-state index in [2.05, 4.69) is 12.1 Å². The zero-order chi connectivity index (χ0) is 19.7. The highest BCUT2D eigenvalue weighted by atomic mass is 35.5. The number of rotatable bonds is 3. The van der Waals surface area contributed by atoms with Gasteiger partial charge in [0.05, 0.1) is 18.5 Å². The van der Waals surface area contributed by atoms with Gasteiger partial charge < -0.3 is 9.80 Å². The summed E-state index contributed by atoms with van der Waals surface area (Å²) >= 11 is 6.17. The molecular weight excluding hydrogens is 372 g/mol. The summed E-state index contributed by atoms with van der Waals surface area (Å²) in [6.45, 7) is 3.02. The summed E-state index contributed by atoms with van der Waals surface area (Å²) in [6.07, 6.45) is 3.10. The number of carbonyl (C=O) groups is 2. The monoisotopic (exact) mass is 396 g/mol. The predicted octanol–water partition coefficient (Wildman–Crippen LogP) is 4.54. The number of halogens is 1. The van der Waals surface area contributed by atoms with Gasteiger partial charge >= 0.3 is 0 Å². The van der Waals surface area contributed by atoms with Crippen LogP contribution in [0.15, 0.2) is 48.5 Å². The van der Waals surface area contributed by atoms with Crippen LogP contribution in [0.3, 0.4) is 0 Å². The summed E-state index contributed by atoms with van der Waals surface area (Å²) in [5, 5.41) is 0.695. The highest BCUT2D eigenvalue weighted by Crippen LogP contribution is 2.37. The van der Waals surface area contributed by atoms with Crippen LogP contribution >= 0.6 is 11.6 Å². The topological polar surface area (TPSA) is 40.6 Å². The van der Waals surface area contributed by atoms with Crippen LogP contribution in [0.1, 0.15) is 55.0 Å². The fourth-order valence-corrected chi connectivity index (χ4v) is 4.86. The van der Waals surface area contributed by atoms with E-state index < -0.39 is 0 Å². The fourth-order valence-electron chi connectivity index (χ4n) is 4.66. The van der Waals surface area contributed by atoms with E-state index in [4.69, 9.17) is 11.6 Å². The third-order valence-electron chi connectivity index (χ3n) is 5.99. The molecular formula is C23H25ClN2O2. The number of hydrogen-bond donors (Lipinski definition) is 0. The van der Waals surface area contributed by atoms with Gasteiger partial charge in [0.1, 0.15) is 0 Å². The zero-order valence-electron chi connectivity index (χ0n) is 16.1. The Morgan fingerprint density at radius 1 is 1.07 bits per heavy atom. The molecule has 5 heteroatoms. The first-order valence-corrected chi connectivity index (χ1v) is 10.3. The van der Waals surface area contributed by atoms with Gasteiger partial charge in [-0.15, -0.1) is 0 Å². The summed E-state index contributed by atoms with van der Waals surface area (Å²) in [5.74, 6) is 0.135. The first-order chi connectivity index (χ1) is 13.5. The third-order valence-corrected chi connectivity index (χ3v) is 6.23. The molecule has 2 amide bonds. The van der Waals surface area contributed by atoms with E-state index in [9.17, 15) is 9.59 Å². The van der Waals surface area contributed by atoms with Crippen molar-refractivity contribution in [1.82, 2.24) is 9.80 Å². The van der Waals surface area contributed by atoms with Gasteiger partial charge in [-0.1, -0.05) is 48.0 Å². The molecule has 2 aromatic carbocycles. The maximum Gasteiger partial charge on any atom is 0.225 e. The van der Waals surface area contributed by atoms with Crippen molar-refractivity contribution in [2.24, 2.45) is 0 Å². The number of carbonyl (C=O) groups excluding carboxylic acids is 2. The Hall–Kier alpha value is -2.33. The lowest BCUT2D eigenvalue weighted by atomic mass is 9.90. The second-order valence-corrected chi connectivity index (χ2v) is 8.12. The first kappa shape index (κ1) is 19.0. The van der Waals surface area contributed by atoms with E-state index in [-0.39, 0.29) is 23.9 Å². The van der Waals surface area contributed by atoms with Gasteiger partial charge in [-0.2, -0.15) is 0 Å². The molecule has 0 saturated carbocycles. The Morgan fingerprint density at radius 3 is 2.68 bits per heavy atom. The Bertz CT molecular complexity index is 898. The van der Waals surface area contributed by atoms with Crippen molar-refractivity contribution >= 4 is 23.4 Å². The van der Waals surface area contributed by atoms with Crippen LogP contribution in [0.4, 0.5) is 0 Å². The Balaban J connectivity index is 1.58. The van der Waals surface area contributed by atoms with Crippen molar-refractivity contribution in [2.75, 3.05) is 13.1 Å². The first-order valence-electron chi connectivity index (χ1n) is 9.94. The molecule has 1 fully saturated rings. The number of benzene rings is 2. The second-order valence-electron chi connectivity index (χ2n) is 7.68. The fraction of sp³-hybridized carbons (Fsp3) is 0.391. The average molecular weight is 397 g/mol. The van der Waals surface area contributed by atoms with Crippen LogP contribution in [-0.2, 0) is 16.0 Å². The van der Waals surface area contributed by atoms with Crippen LogP contribution in [0.25, 0.3) is 0 Å². The summed E-state index contributed by atoms with van der Waals surface area (Å²) in [5.41, 5.74) is 3.44. The summed E-state index contributed by atoms with van der Waals surface area (Å²) in [4.78, 5) is 29.4. The number of hydrogen-bond acceptors (Lipinski definition) is 2. The van der Waals surface area contributed by atoms with Gasteiger partial charge in [0.25, 0.3) is 0 Å². The lowest BCUT2D eigenvalue weighted by Gasteiger charge is -2.38. The van der Waals surface area contributed by atoms with Crippen LogP contribution in [0, 0.1) is 0 Å². The van der Waals surface area contributed by atoms with Gasteiger partial charge in [-0.25, -0.2) is 0 Å². The van der Waals surface area contributed by atoms with E-state index in [1.807, 2.05) is 46.2 Å². The molecule has 28 heavy (non-hydrogen) atoms. The molecule has 0 aliphatic carbocycles. The normalized spacial score (nSPS) is 21.5. The van der Waals surface area contributed by atoms with Crippen molar-refractivity contribution in [3.05, 3.63) is 70.2 Å². The van der Waals surface area contributed by atoms with E-state index in [1.165, 1.54) is 5.56 Å². The quantitative estimate of drug-likeness (QED) is 0.764. The van der Waals surface area contributed by atoms with Gasteiger partial charge in [-0.05, 0) is 48.1 Å². The molecule has 4 rings (SSSR count). The Morgan fingerprint density at radius 2 is 1.89 bits per heavy atom. The molecule has 0 spiro atoms. The number of amides is 2. The molecule has 2 aliphatic heterocycles. The average Bonchev–Trinajstić information content (AvgIpc) is 3.18. The molecule has 2 unspecified atom stereocenters. The molecule has 2 atom stereocenters. The zero-order valence-corrected chi connectivity index (χ0v) is 16.9. The maximum absolute atomic E-state index is 13.3. The van der Waals surface area contributed by atoms with E-state index in [0.29, 0.717) is 18.0 Å². The standard InChI is InChI=1S/C23H25ClN2O2/c1-16(27)25-13-11-17-6-2-3-9-20(17)22(25)15-23(28)26-12-5-10-21(26)18-7-4-8-19(24)14-18/h2-4,6-9,14,21-22H,5,10-13,15H2,1H3. The summed E-state index contributed by atoms with van der Waals surface area (Å²) in [7, 11) is 0. The van der Waals surface area contributed by atoms with E-state index in [0.717, 1.165) is 36.9 Å². The number of nitrogens with zero attached hydrogens (tertiary/aromatic N) is 2. The van der Waals surface area contributed by atoms with E-state index in [1.54, 1.807) is 6.92 Å². The lowest BCUT2D eigenvalue weighted by Crippen LogP contribution is -2.42. The largest absolute Gasteiger partial charge is 0.336 e. The molecule has 2 heterocycles. The molecule has 0 aromatic heterocycles. The van der Waals surface area contributed by atoms with Crippen molar-refractivity contribution in [3.63, 3.8) is 0 Å². The van der Waals surface area contributed by atoms with Crippen LogP contribution < -0.4 is 0 Å². The van der Waals surface area contributed by atoms with E-state index >= 15 is 0 Å². The van der Waals surface area contributed by atoms with Gasteiger partial charge in [0.15, 0.2) is 0 Å². The Labute approximate surface area is 171 Å². The Kier molecular flexibility index (Phi) is 5.40. The third kappa shape index (κ3) is 3.66. The minimum Gasteiger partial charge on any atom is -0.336 e. The minimum absolute atomic E-state index is 0.0279. The molecule has 0 N–H and O–H groups in total. The summed E-state index contributed by atoms with van der Waals surface area (Å²) in [6, 6.07) is 15.8. The van der Waals surface area contributed by atoms with Crippen molar-refractivity contribution in [2.45, 2.75) is 44.7 Å². The van der Waals surface area contributed by atoms with Gasteiger partial charge in [-0.3, -0.25) is 9.59 Å². The SMILES string of the molecule is CC(=O)N1CCc2ccccc2C1CC(=O)N1CCCC1c1cccc(Cl)c1. The van der Waals surface area contributed by atoms with Crippen molar-refractivity contribution in [3.8, 4) is 0 Å². The molecule has 2 aromatic rings. The number of fused-ring (bicyclic) bond motifs is 1. The molecule has 4 nitrogen and oxygen atoms in total. The molecule has 2 aliphatic rings. The molecule has 146 valence electrons. The predicted molar refractivity (Wildman–Crippen MR) is 110 cm³/mol. The maximum atomic E-state index is 13.3. The molecule has 0 radical (unpaired) electrons. The van der Waals surface area contributed by atoms with Crippen molar-refractivity contribution < 1.29 is 9.59 Å². The second kappa shape index (κ2) is 7.96. The molecule has 0 bridgehead atoms. The van der Waals surface area contributed by atoms with Crippen LogP contribution in [0.5, 0.6) is 0 Å². The summed E-state index contributed by atoms with van der Waals surface area (Å²) < 4.78 is 0. The highest BCUT2D eigenvalue weighted by Gasteiger charge is 2.35.